The zero-order valence-corrected chi connectivity index (χ0v) is 10.8. The van der Waals surface area contributed by atoms with E-state index in [1.807, 2.05) is 0 Å². The molecule has 1 heterocycles. The average molecular weight is 255 g/mol. The molecule has 18 heavy (non-hydrogen) atoms. The van der Waals surface area contributed by atoms with Crippen LogP contribution in [-0.4, -0.2) is 48.8 Å². The quantitative estimate of drug-likeness (QED) is 0.636. The van der Waals surface area contributed by atoms with Crippen LogP contribution in [0.2, 0.25) is 0 Å². The molecule has 0 bridgehead atoms. The third kappa shape index (κ3) is 5.65. The Morgan fingerprint density at radius 3 is 2.78 bits per heavy atom. The summed E-state index contributed by atoms with van der Waals surface area (Å²) < 4.78 is 0. The number of unbranched alkanes of at least 4 members (excludes halogenated alkanes) is 2. The van der Waals surface area contributed by atoms with E-state index < -0.39 is 0 Å². The number of amides is 3. The molecule has 0 aliphatic carbocycles. The van der Waals surface area contributed by atoms with Gasteiger partial charge in [-0.05, 0) is 12.8 Å². The summed E-state index contributed by atoms with van der Waals surface area (Å²) >= 11 is 0. The van der Waals surface area contributed by atoms with Gasteiger partial charge >= 0.3 is 0 Å². The lowest BCUT2D eigenvalue weighted by Crippen LogP contribution is -2.49. The van der Waals surface area contributed by atoms with Crippen molar-refractivity contribution in [2.45, 2.75) is 32.6 Å². The molecule has 1 rings (SSSR count). The SMILES string of the molecule is CC(=O)NCCCCCC(=O)N1CCNC(=O)C1. The molecule has 0 aromatic heterocycles. The first-order valence-corrected chi connectivity index (χ1v) is 6.38. The third-order valence-electron chi connectivity index (χ3n) is 2.83. The van der Waals surface area contributed by atoms with Gasteiger partial charge in [0.05, 0.1) is 6.54 Å². The number of rotatable bonds is 6. The fourth-order valence-electron chi connectivity index (χ4n) is 1.85. The predicted octanol–water partition coefficient (Wildman–Crippen LogP) is -0.359. The first-order valence-electron chi connectivity index (χ1n) is 6.38. The lowest BCUT2D eigenvalue weighted by Gasteiger charge is -2.26. The Kier molecular flexibility index (Phi) is 6.18. The van der Waals surface area contributed by atoms with E-state index >= 15 is 0 Å². The van der Waals surface area contributed by atoms with E-state index in [-0.39, 0.29) is 24.3 Å². The minimum atomic E-state index is -0.0831. The fraction of sp³-hybridized carbons (Fsp3) is 0.750. The molecule has 0 aromatic carbocycles. The summed E-state index contributed by atoms with van der Waals surface area (Å²) in [6, 6.07) is 0. The molecular weight excluding hydrogens is 234 g/mol. The molecule has 102 valence electrons. The normalized spacial score (nSPS) is 15.2. The average Bonchev–Trinajstić information content (AvgIpc) is 2.33. The highest BCUT2D eigenvalue weighted by Crippen LogP contribution is 2.04. The van der Waals surface area contributed by atoms with Gasteiger partial charge in [-0.2, -0.15) is 0 Å². The van der Waals surface area contributed by atoms with Crippen LogP contribution in [0.3, 0.4) is 0 Å². The van der Waals surface area contributed by atoms with E-state index in [0.717, 1.165) is 19.3 Å². The van der Waals surface area contributed by atoms with Crippen LogP contribution in [0.1, 0.15) is 32.6 Å². The highest BCUT2D eigenvalue weighted by Gasteiger charge is 2.20. The maximum absolute atomic E-state index is 11.8. The number of carbonyl (C=O) groups is 3. The zero-order chi connectivity index (χ0) is 13.4. The number of carbonyl (C=O) groups excluding carboxylic acids is 3. The largest absolute Gasteiger partial charge is 0.356 e. The number of piperazine rings is 1. The van der Waals surface area contributed by atoms with Crippen molar-refractivity contribution in [3.8, 4) is 0 Å². The van der Waals surface area contributed by atoms with Crippen LogP contribution in [0, 0.1) is 0 Å². The van der Waals surface area contributed by atoms with E-state index in [0.29, 0.717) is 26.1 Å². The Morgan fingerprint density at radius 1 is 1.33 bits per heavy atom. The highest BCUT2D eigenvalue weighted by atomic mass is 16.2. The first-order chi connectivity index (χ1) is 8.59. The molecule has 6 heteroatoms. The molecule has 1 fully saturated rings. The van der Waals surface area contributed by atoms with E-state index in [4.69, 9.17) is 0 Å². The van der Waals surface area contributed by atoms with Gasteiger partial charge < -0.3 is 15.5 Å². The smallest absolute Gasteiger partial charge is 0.239 e. The molecule has 0 atom stereocenters. The van der Waals surface area contributed by atoms with Crippen molar-refractivity contribution in [3.63, 3.8) is 0 Å². The van der Waals surface area contributed by atoms with Gasteiger partial charge in [0.1, 0.15) is 0 Å². The molecule has 0 aromatic rings. The summed E-state index contributed by atoms with van der Waals surface area (Å²) in [5, 5.41) is 5.40. The molecule has 1 aliphatic heterocycles. The lowest BCUT2D eigenvalue weighted by molar-refractivity contribution is -0.138. The van der Waals surface area contributed by atoms with Crippen molar-refractivity contribution < 1.29 is 14.4 Å². The van der Waals surface area contributed by atoms with Gasteiger partial charge in [0.15, 0.2) is 0 Å². The van der Waals surface area contributed by atoms with Crippen molar-refractivity contribution in [2.24, 2.45) is 0 Å². The van der Waals surface area contributed by atoms with Crippen molar-refractivity contribution in [3.05, 3.63) is 0 Å². The summed E-state index contributed by atoms with van der Waals surface area (Å²) in [6.07, 6.45) is 3.07. The van der Waals surface area contributed by atoms with Gasteiger partial charge in [-0.1, -0.05) is 6.42 Å². The van der Waals surface area contributed by atoms with Crippen molar-refractivity contribution in [1.82, 2.24) is 15.5 Å². The molecule has 1 aliphatic rings. The number of hydrogen-bond acceptors (Lipinski definition) is 3. The summed E-state index contributed by atoms with van der Waals surface area (Å²) in [7, 11) is 0. The van der Waals surface area contributed by atoms with Gasteiger partial charge in [0, 0.05) is 33.0 Å². The Morgan fingerprint density at radius 2 is 2.11 bits per heavy atom. The van der Waals surface area contributed by atoms with Crippen molar-refractivity contribution in [1.29, 1.82) is 0 Å². The Labute approximate surface area is 107 Å². The van der Waals surface area contributed by atoms with Crippen molar-refractivity contribution in [2.75, 3.05) is 26.2 Å². The second-order valence-corrected chi connectivity index (χ2v) is 4.46. The van der Waals surface area contributed by atoms with Gasteiger partial charge in [0.25, 0.3) is 0 Å². The monoisotopic (exact) mass is 255 g/mol. The van der Waals surface area contributed by atoms with Gasteiger partial charge in [-0.15, -0.1) is 0 Å². The number of nitrogens with zero attached hydrogens (tertiary/aromatic N) is 1. The molecule has 6 nitrogen and oxygen atoms in total. The van der Waals surface area contributed by atoms with Crippen LogP contribution in [0.4, 0.5) is 0 Å². The topological polar surface area (TPSA) is 78.5 Å². The van der Waals surface area contributed by atoms with Crippen LogP contribution >= 0.6 is 0 Å². The maximum atomic E-state index is 11.8. The fourth-order valence-corrected chi connectivity index (χ4v) is 1.85. The summed E-state index contributed by atoms with van der Waals surface area (Å²) in [5.74, 6) is -0.0601. The summed E-state index contributed by atoms with van der Waals surface area (Å²) in [4.78, 5) is 35.1. The van der Waals surface area contributed by atoms with E-state index in [1.54, 1.807) is 4.90 Å². The minimum absolute atomic E-state index is 0.0228. The third-order valence-corrected chi connectivity index (χ3v) is 2.83. The van der Waals surface area contributed by atoms with Crippen molar-refractivity contribution >= 4 is 17.7 Å². The molecule has 2 N–H and O–H groups in total. The molecule has 1 saturated heterocycles. The molecule has 0 spiro atoms. The van der Waals surface area contributed by atoms with Crippen LogP contribution in [-0.2, 0) is 14.4 Å². The number of nitrogens with one attached hydrogen (secondary N) is 2. The van der Waals surface area contributed by atoms with Gasteiger partial charge in [-0.25, -0.2) is 0 Å². The maximum Gasteiger partial charge on any atom is 0.239 e. The highest BCUT2D eigenvalue weighted by molar-refractivity contribution is 5.85. The Bertz CT molecular complexity index is 318. The lowest BCUT2D eigenvalue weighted by atomic mass is 10.1. The standard InChI is InChI=1S/C12H21N3O3/c1-10(16)13-6-4-2-3-5-12(18)15-8-7-14-11(17)9-15/h2-9H2,1H3,(H,13,16)(H,14,17). The molecular formula is C12H21N3O3. The Hall–Kier alpha value is -1.59. The van der Waals surface area contributed by atoms with Gasteiger partial charge in [-0.3, -0.25) is 14.4 Å². The molecule has 0 saturated carbocycles. The van der Waals surface area contributed by atoms with Crippen LogP contribution in [0.25, 0.3) is 0 Å². The van der Waals surface area contributed by atoms with Crippen LogP contribution < -0.4 is 10.6 Å². The van der Waals surface area contributed by atoms with Crippen LogP contribution in [0.15, 0.2) is 0 Å². The second-order valence-electron chi connectivity index (χ2n) is 4.46. The Balaban J connectivity index is 2.06. The van der Waals surface area contributed by atoms with Crippen LogP contribution in [0.5, 0.6) is 0 Å². The van der Waals surface area contributed by atoms with E-state index in [1.165, 1.54) is 6.92 Å². The second kappa shape index (κ2) is 7.68. The summed E-state index contributed by atoms with van der Waals surface area (Å²) in [5.41, 5.74) is 0. The number of hydrogen-bond donors (Lipinski definition) is 2. The first kappa shape index (κ1) is 14.5. The zero-order valence-electron chi connectivity index (χ0n) is 10.8. The van der Waals surface area contributed by atoms with E-state index in [9.17, 15) is 14.4 Å². The molecule has 0 radical (unpaired) electrons. The predicted molar refractivity (Wildman–Crippen MR) is 66.7 cm³/mol. The summed E-state index contributed by atoms with van der Waals surface area (Å²) in [6.45, 7) is 3.49. The molecule has 3 amide bonds. The van der Waals surface area contributed by atoms with E-state index in [2.05, 4.69) is 10.6 Å². The molecule has 0 unspecified atom stereocenters. The van der Waals surface area contributed by atoms with Gasteiger partial charge in [0.2, 0.25) is 17.7 Å². The minimum Gasteiger partial charge on any atom is -0.356 e.